The van der Waals surface area contributed by atoms with Gasteiger partial charge in [0.15, 0.2) is 5.65 Å². The van der Waals surface area contributed by atoms with E-state index in [1.54, 1.807) is 21.8 Å². The van der Waals surface area contributed by atoms with Crippen LogP contribution in [0, 0.1) is 11.6 Å². The van der Waals surface area contributed by atoms with Gasteiger partial charge in [-0.05, 0) is 57.2 Å². The molecule has 0 aliphatic carbocycles. The van der Waals surface area contributed by atoms with Crippen LogP contribution in [0.4, 0.5) is 25.2 Å². The van der Waals surface area contributed by atoms with Crippen molar-refractivity contribution in [1.82, 2.24) is 34.9 Å². The monoisotopic (exact) mass is 671 g/mol. The lowest BCUT2D eigenvalue weighted by Crippen LogP contribution is -2.50. The fourth-order valence-electron chi connectivity index (χ4n) is 5.46. The summed E-state index contributed by atoms with van der Waals surface area (Å²) in [5, 5.41) is 7.78. The van der Waals surface area contributed by atoms with Crippen LogP contribution >= 0.6 is 0 Å². The largest absolute Gasteiger partial charge is 0.496 e. The third kappa shape index (κ3) is 7.05. The van der Waals surface area contributed by atoms with Gasteiger partial charge in [0.05, 0.1) is 29.9 Å². The number of anilines is 2. The number of hydrogen-bond donors (Lipinski definition) is 2. The molecular formula is C34H35F2N9O4. The van der Waals surface area contributed by atoms with Crippen molar-refractivity contribution in [2.45, 2.75) is 32.9 Å². The molecule has 4 heterocycles. The minimum absolute atomic E-state index is 0.00435. The number of rotatable bonds is 7. The molecule has 5 aromatic rings. The first kappa shape index (κ1) is 33.1. The third-order valence-corrected chi connectivity index (χ3v) is 7.90. The number of nitrogens with zero attached hydrogens (tertiary/aromatic N) is 7. The highest BCUT2D eigenvalue weighted by molar-refractivity contribution is 5.99. The van der Waals surface area contributed by atoms with Crippen molar-refractivity contribution in [3.63, 3.8) is 0 Å². The molecule has 0 unspecified atom stereocenters. The molecule has 1 aliphatic heterocycles. The molecule has 6 rings (SSSR count). The van der Waals surface area contributed by atoms with Crippen molar-refractivity contribution in [1.29, 1.82) is 0 Å². The first-order valence-electron chi connectivity index (χ1n) is 15.5. The van der Waals surface area contributed by atoms with Crippen LogP contribution in [0.15, 0.2) is 61.1 Å². The van der Waals surface area contributed by atoms with E-state index in [0.29, 0.717) is 54.2 Å². The number of fused-ring (bicyclic) bond motifs is 1. The SMILES string of the molecule is COc1ccc(F)cc1C(=O)NCc1ccc(-c2nn(-c3ccc(N4CCN(C(=O)OC(C)(C)C)CC4)nc3)c3ncnc(N)c23)cc1F. The van der Waals surface area contributed by atoms with Crippen LogP contribution in [0.1, 0.15) is 36.7 Å². The van der Waals surface area contributed by atoms with Crippen molar-refractivity contribution in [2.75, 3.05) is 43.9 Å². The smallest absolute Gasteiger partial charge is 0.410 e. The highest BCUT2D eigenvalue weighted by atomic mass is 19.1. The molecule has 2 amide bonds. The second kappa shape index (κ2) is 13.3. The minimum atomic E-state index is -0.614. The van der Waals surface area contributed by atoms with E-state index in [9.17, 15) is 14.0 Å². The Morgan fingerprint density at radius 3 is 2.43 bits per heavy atom. The van der Waals surface area contributed by atoms with Gasteiger partial charge in [-0.25, -0.2) is 33.2 Å². The van der Waals surface area contributed by atoms with Crippen molar-refractivity contribution in [2.24, 2.45) is 0 Å². The Bertz CT molecular complexity index is 2020. The zero-order valence-electron chi connectivity index (χ0n) is 27.4. The molecular weight excluding hydrogens is 636 g/mol. The van der Waals surface area contributed by atoms with Crippen LogP contribution in [-0.4, -0.2) is 80.5 Å². The molecule has 0 bridgehead atoms. The van der Waals surface area contributed by atoms with Crippen molar-refractivity contribution < 1.29 is 27.8 Å². The summed E-state index contributed by atoms with van der Waals surface area (Å²) < 4.78 is 41.4. The summed E-state index contributed by atoms with van der Waals surface area (Å²) in [5.41, 5.74) is 7.68. The number of carbonyl (C=O) groups is 2. The summed E-state index contributed by atoms with van der Waals surface area (Å²) >= 11 is 0. The van der Waals surface area contributed by atoms with E-state index in [1.807, 2.05) is 32.9 Å². The maximum Gasteiger partial charge on any atom is 0.410 e. The Morgan fingerprint density at radius 1 is 0.980 bits per heavy atom. The second-order valence-electron chi connectivity index (χ2n) is 12.4. The summed E-state index contributed by atoms with van der Waals surface area (Å²) in [7, 11) is 1.37. The minimum Gasteiger partial charge on any atom is -0.496 e. The molecule has 2 aromatic carbocycles. The first-order chi connectivity index (χ1) is 23.4. The number of hydrogen-bond acceptors (Lipinski definition) is 10. The van der Waals surface area contributed by atoms with Gasteiger partial charge in [-0.2, -0.15) is 5.10 Å². The number of ether oxygens (including phenoxy) is 2. The van der Waals surface area contributed by atoms with Crippen LogP contribution in [-0.2, 0) is 11.3 Å². The molecule has 1 saturated heterocycles. The average molecular weight is 672 g/mol. The molecule has 1 fully saturated rings. The van der Waals surface area contributed by atoms with E-state index >= 15 is 4.39 Å². The van der Waals surface area contributed by atoms with Gasteiger partial charge in [0.2, 0.25) is 0 Å². The molecule has 13 nitrogen and oxygen atoms in total. The maximum absolute atomic E-state index is 15.4. The highest BCUT2D eigenvalue weighted by Crippen LogP contribution is 2.33. The van der Waals surface area contributed by atoms with Gasteiger partial charge in [-0.1, -0.05) is 12.1 Å². The number of methoxy groups -OCH3 is 1. The van der Waals surface area contributed by atoms with Crippen LogP contribution in [0.5, 0.6) is 5.75 Å². The molecule has 49 heavy (non-hydrogen) atoms. The molecule has 0 saturated carbocycles. The maximum atomic E-state index is 15.4. The number of nitrogens with two attached hydrogens (primary N) is 1. The van der Waals surface area contributed by atoms with Gasteiger partial charge in [-0.3, -0.25) is 4.79 Å². The predicted octanol–water partition coefficient (Wildman–Crippen LogP) is 4.73. The Morgan fingerprint density at radius 2 is 1.76 bits per heavy atom. The summed E-state index contributed by atoms with van der Waals surface area (Å²) in [6.45, 7) is 7.56. The molecule has 0 spiro atoms. The van der Waals surface area contributed by atoms with Crippen LogP contribution in [0.3, 0.4) is 0 Å². The van der Waals surface area contributed by atoms with E-state index in [0.717, 1.165) is 11.9 Å². The zero-order valence-corrected chi connectivity index (χ0v) is 27.4. The van der Waals surface area contributed by atoms with Crippen LogP contribution < -0.4 is 20.7 Å². The number of halogens is 2. The molecule has 15 heteroatoms. The van der Waals surface area contributed by atoms with Gasteiger partial charge in [0.25, 0.3) is 5.91 Å². The topological polar surface area (TPSA) is 154 Å². The molecule has 0 atom stereocenters. The number of nitrogens with one attached hydrogen (secondary N) is 1. The van der Waals surface area contributed by atoms with E-state index in [2.05, 4.69) is 25.2 Å². The van der Waals surface area contributed by atoms with E-state index in [1.165, 1.54) is 37.7 Å². The molecule has 254 valence electrons. The van der Waals surface area contributed by atoms with E-state index < -0.39 is 23.1 Å². The third-order valence-electron chi connectivity index (χ3n) is 7.90. The number of pyridine rings is 1. The highest BCUT2D eigenvalue weighted by Gasteiger charge is 2.27. The normalized spacial score (nSPS) is 13.4. The Labute approximate surface area is 280 Å². The lowest BCUT2D eigenvalue weighted by Gasteiger charge is -2.36. The fourth-order valence-corrected chi connectivity index (χ4v) is 5.46. The summed E-state index contributed by atoms with van der Waals surface area (Å²) in [4.78, 5) is 42.1. The number of piperazine rings is 1. The van der Waals surface area contributed by atoms with Gasteiger partial charge in [-0.15, -0.1) is 0 Å². The number of aromatic nitrogens is 5. The Hall–Kier alpha value is -5.86. The van der Waals surface area contributed by atoms with E-state index in [4.69, 9.17) is 20.3 Å². The van der Waals surface area contributed by atoms with Gasteiger partial charge in [0, 0.05) is 43.9 Å². The Balaban J connectivity index is 1.20. The first-order valence-corrected chi connectivity index (χ1v) is 15.5. The second-order valence-corrected chi connectivity index (χ2v) is 12.4. The molecule has 3 N–H and O–H groups in total. The molecule has 1 aliphatic rings. The van der Waals surface area contributed by atoms with Gasteiger partial charge >= 0.3 is 6.09 Å². The number of carbonyl (C=O) groups excluding carboxylic acids is 2. The van der Waals surface area contributed by atoms with Crippen molar-refractivity contribution in [3.05, 3.63) is 83.8 Å². The van der Waals surface area contributed by atoms with Crippen molar-refractivity contribution >= 4 is 34.7 Å². The number of amides is 2. The molecule has 0 radical (unpaired) electrons. The predicted molar refractivity (Wildman–Crippen MR) is 178 cm³/mol. The average Bonchev–Trinajstić information content (AvgIpc) is 3.48. The van der Waals surface area contributed by atoms with Gasteiger partial charge in [0.1, 0.15) is 46.6 Å². The molecule has 3 aromatic heterocycles. The number of benzene rings is 2. The Kier molecular flexibility index (Phi) is 8.99. The van der Waals surface area contributed by atoms with Crippen LogP contribution in [0.25, 0.3) is 28.0 Å². The van der Waals surface area contributed by atoms with Crippen LogP contribution in [0.2, 0.25) is 0 Å². The standard InChI is InChI=1S/C34H35F2N9O4/c1-34(2,3)49-33(47)44-13-11-43(12-14-44)27-10-8-23(18-38-27)45-31-28(30(37)40-19-41-31)29(42-45)20-5-6-21(25(36)15-20)17-39-32(46)24-16-22(35)7-9-26(24)48-4/h5-10,15-16,18-19H,11-14,17H2,1-4H3,(H,39,46)(H2,37,40,41). The lowest BCUT2D eigenvalue weighted by molar-refractivity contribution is 0.0240. The van der Waals surface area contributed by atoms with Gasteiger partial charge < -0.3 is 30.3 Å². The number of nitrogen functional groups attached to an aromatic ring is 1. The summed E-state index contributed by atoms with van der Waals surface area (Å²) in [5.74, 6) is -0.714. The summed E-state index contributed by atoms with van der Waals surface area (Å²) in [6.07, 6.45) is 2.65. The quantitative estimate of drug-likeness (QED) is 0.248. The van der Waals surface area contributed by atoms with E-state index in [-0.39, 0.29) is 35.3 Å². The zero-order chi connectivity index (χ0) is 34.9. The fraction of sp³-hybridized carbons (Fsp3) is 0.294. The lowest BCUT2D eigenvalue weighted by atomic mass is 10.1. The summed E-state index contributed by atoms with van der Waals surface area (Å²) in [6, 6.07) is 11.8. The van der Waals surface area contributed by atoms with Crippen molar-refractivity contribution in [3.8, 4) is 22.7 Å².